The highest BCUT2D eigenvalue weighted by Gasteiger charge is 2.54. The number of nitrogens with zero attached hydrogens (tertiary/aromatic N) is 2. The summed E-state index contributed by atoms with van der Waals surface area (Å²) in [6.07, 6.45) is 5.21. The molecule has 1 aromatic rings. The molecule has 0 spiro atoms. The van der Waals surface area contributed by atoms with Gasteiger partial charge in [-0.3, -0.25) is 4.79 Å². The number of rotatable bonds is 3. The van der Waals surface area contributed by atoms with Gasteiger partial charge in [0.25, 0.3) is 0 Å². The molecule has 1 N–H and O–H groups in total. The van der Waals surface area contributed by atoms with Crippen molar-refractivity contribution in [3.05, 3.63) is 18.0 Å². The van der Waals surface area contributed by atoms with E-state index < -0.39 is 5.97 Å². The fourth-order valence-electron chi connectivity index (χ4n) is 2.92. The van der Waals surface area contributed by atoms with Crippen LogP contribution in [0, 0.1) is 11.8 Å². The molecule has 2 fully saturated rings. The van der Waals surface area contributed by atoms with Gasteiger partial charge in [0.2, 0.25) is 0 Å². The smallest absolute Gasteiger partial charge is 0.307 e. The number of hydrogen-bond donors (Lipinski definition) is 1. The van der Waals surface area contributed by atoms with Crippen LogP contribution in [0.3, 0.4) is 0 Å². The van der Waals surface area contributed by atoms with Gasteiger partial charge < -0.3 is 9.84 Å². The molecule has 1 aliphatic heterocycles. The van der Waals surface area contributed by atoms with E-state index in [2.05, 4.69) is 5.10 Å². The highest BCUT2D eigenvalue weighted by Crippen LogP contribution is 2.53. The van der Waals surface area contributed by atoms with Gasteiger partial charge in [-0.2, -0.15) is 5.10 Å². The summed E-state index contributed by atoms with van der Waals surface area (Å²) in [7, 11) is 0. The van der Waals surface area contributed by atoms with Crippen LogP contribution in [0.25, 0.3) is 0 Å². The second-order valence-corrected chi connectivity index (χ2v) is 5.29. The Morgan fingerprint density at radius 3 is 3.00 bits per heavy atom. The van der Waals surface area contributed by atoms with Crippen LogP contribution in [-0.2, 0) is 9.53 Å². The van der Waals surface area contributed by atoms with E-state index in [0.29, 0.717) is 0 Å². The number of hydrogen-bond acceptors (Lipinski definition) is 3. The summed E-state index contributed by atoms with van der Waals surface area (Å²) < 4.78 is 7.51. The highest BCUT2D eigenvalue weighted by molar-refractivity contribution is 5.75. The average molecular weight is 250 g/mol. The first kappa shape index (κ1) is 11.7. The summed E-state index contributed by atoms with van der Waals surface area (Å²) in [6.45, 7) is 2.76. The van der Waals surface area contributed by atoms with Crippen molar-refractivity contribution in [2.75, 3.05) is 6.61 Å². The van der Waals surface area contributed by atoms with Crippen molar-refractivity contribution in [1.29, 1.82) is 0 Å². The SMILES string of the molecule is CC1[C@H](C(=O)O)[C@H]1c1ccn(C2CCCCO2)n1. The third-order valence-electron chi connectivity index (χ3n) is 4.09. The summed E-state index contributed by atoms with van der Waals surface area (Å²) >= 11 is 0. The van der Waals surface area contributed by atoms with Gasteiger partial charge in [0.15, 0.2) is 0 Å². The van der Waals surface area contributed by atoms with Crippen LogP contribution in [0.15, 0.2) is 12.3 Å². The van der Waals surface area contributed by atoms with E-state index in [9.17, 15) is 4.79 Å². The molecule has 18 heavy (non-hydrogen) atoms. The largest absolute Gasteiger partial charge is 0.481 e. The van der Waals surface area contributed by atoms with E-state index in [0.717, 1.165) is 31.6 Å². The molecule has 0 bridgehead atoms. The normalized spacial score (nSPS) is 35.4. The number of carbonyl (C=O) groups is 1. The zero-order valence-electron chi connectivity index (χ0n) is 10.5. The quantitative estimate of drug-likeness (QED) is 0.891. The molecule has 4 atom stereocenters. The first-order valence-corrected chi connectivity index (χ1v) is 6.58. The highest BCUT2D eigenvalue weighted by atomic mass is 16.5. The fourth-order valence-corrected chi connectivity index (χ4v) is 2.92. The van der Waals surface area contributed by atoms with E-state index in [1.807, 2.05) is 23.9 Å². The van der Waals surface area contributed by atoms with Crippen molar-refractivity contribution in [2.45, 2.75) is 38.3 Å². The topological polar surface area (TPSA) is 64.3 Å². The van der Waals surface area contributed by atoms with E-state index in [4.69, 9.17) is 9.84 Å². The lowest BCUT2D eigenvalue weighted by Crippen LogP contribution is -2.18. The summed E-state index contributed by atoms with van der Waals surface area (Å²) in [6, 6.07) is 1.93. The van der Waals surface area contributed by atoms with Crippen LogP contribution < -0.4 is 0 Å². The number of ether oxygens (including phenoxy) is 1. The zero-order chi connectivity index (χ0) is 12.7. The summed E-state index contributed by atoms with van der Waals surface area (Å²) in [5.74, 6) is -0.706. The van der Waals surface area contributed by atoms with Gasteiger partial charge in [0.1, 0.15) is 6.23 Å². The fraction of sp³-hybridized carbons (Fsp3) is 0.692. The third kappa shape index (κ3) is 1.92. The molecule has 1 saturated heterocycles. The third-order valence-corrected chi connectivity index (χ3v) is 4.09. The summed E-state index contributed by atoms with van der Waals surface area (Å²) in [5.41, 5.74) is 0.893. The van der Waals surface area contributed by atoms with Crippen LogP contribution in [0.2, 0.25) is 0 Å². The summed E-state index contributed by atoms with van der Waals surface area (Å²) in [4.78, 5) is 11.0. The molecule has 2 aliphatic rings. The predicted octanol–water partition coefficient (Wildman–Crippen LogP) is 2.02. The van der Waals surface area contributed by atoms with Gasteiger partial charge in [-0.25, -0.2) is 4.68 Å². The van der Waals surface area contributed by atoms with Crippen LogP contribution in [0.1, 0.15) is 44.0 Å². The molecule has 2 heterocycles. The van der Waals surface area contributed by atoms with Crippen LogP contribution in [0.5, 0.6) is 0 Å². The number of aromatic nitrogens is 2. The number of aliphatic carboxylic acids is 1. The van der Waals surface area contributed by atoms with Crippen molar-refractivity contribution < 1.29 is 14.6 Å². The predicted molar refractivity (Wildman–Crippen MR) is 64.1 cm³/mol. The second kappa shape index (κ2) is 4.39. The minimum atomic E-state index is -0.712. The number of carboxylic acid groups (broad SMARTS) is 1. The van der Waals surface area contributed by atoms with Crippen molar-refractivity contribution in [3.63, 3.8) is 0 Å². The Morgan fingerprint density at radius 1 is 1.56 bits per heavy atom. The average Bonchev–Trinajstić information content (AvgIpc) is 2.85. The van der Waals surface area contributed by atoms with E-state index in [1.165, 1.54) is 0 Å². The molecule has 1 aliphatic carbocycles. The molecule has 1 saturated carbocycles. The molecule has 0 amide bonds. The van der Waals surface area contributed by atoms with Crippen molar-refractivity contribution in [1.82, 2.24) is 9.78 Å². The molecule has 3 rings (SSSR count). The van der Waals surface area contributed by atoms with Crippen molar-refractivity contribution in [2.24, 2.45) is 11.8 Å². The van der Waals surface area contributed by atoms with Crippen molar-refractivity contribution >= 4 is 5.97 Å². The molecule has 0 radical (unpaired) electrons. The lowest BCUT2D eigenvalue weighted by Gasteiger charge is -2.22. The molecule has 1 aromatic heterocycles. The monoisotopic (exact) mass is 250 g/mol. The minimum Gasteiger partial charge on any atom is -0.481 e. The Hall–Kier alpha value is -1.36. The maximum absolute atomic E-state index is 11.0. The van der Waals surface area contributed by atoms with Gasteiger partial charge in [0, 0.05) is 18.7 Å². The lowest BCUT2D eigenvalue weighted by atomic mass is 10.2. The van der Waals surface area contributed by atoms with Gasteiger partial charge >= 0.3 is 5.97 Å². The Labute approximate surface area is 106 Å². The Balaban J connectivity index is 1.72. The zero-order valence-corrected chi connectivity index (χ0v) is 10.5. The second-order valence-electron chi connectivity index (χ2n) is 5.29. The van der Waals surface area contributed by atoms with Crippen LogP contribution in [-0.4, -0.2) is 27.5 Å². The molecular weight excluding hydrogens is 232 g/mol. The molecular formula is C13H18N2O3. The van der Waals surface area contributed by atoms with Crippen LogP contribution >= 0.6 is 0 Å². The van der Waals surface area contributed by atoms with Gasteiger partial charge in [-0.1, -0.05) is 6.92 Å². The van der Waals surface area contributed by atoms with Gasteiger partial charge in [-0.05, 0) is 31.2 Å². The minimum absolute atomic E-state index is 0.0323. The van der Waals surface area contributed by atoms with E-state index in [1.54, 1.807) is 0 Å². The first-order valence-electron chi connectivity index (χ1n) is 6.58. The number of carboxylic acids is 1. The molecule has 2 unspecified atom stereocenters. The molecule has 98 valence electrons. The lowest BCUT2D eigenvalue weighted by molar-refractivity contribution is -0.138. The van der Waals surface area contributed by atoms with E-state index in [-0.39, 0.29) is 24.0 Å². The Kier molecular flexibility index (Phi) is 2.86. The molecule has 5 heteroatoms. The van der Waals surface area contributed by atoms with Gasteiger partial charge in [0.05, 0.1) is 11.6 Å². The van der Waals surface area contributed by atoms with E-state index >= 15 is 0 Å². The first-order chi connectivity index (χ1) is 8.68. The Bertz CT molecular complexity index is 451. The van der Waals surface area contributed by atoms with Crippen LogP contribution in [0.4, 0.5) is 0 Å². The maximum Gasteiger partial charge on any atom is 0.307 e. The molecule has 5 nitrogen and oxygen atoms in total. The maximum atomic E-state index is 11.0. The van der Waals surface area contributed by atoms with Crippen molar-refractivity contribution in [3.8, 4) is 0 Å². The standard InChI is InChI=1S/C13H18N2O3/c1-8-11(12(8)13(16)17)9-5-6-15(14-9)10-4-2-3-7-18-10/h5-6,8,10-12H,2-4,7H2,1H3,(H,16,17)/t8?,10?,11-,12+/m1/s1. The summed E-state index contributed by atoms with van der Waals surface area (Å²) in [5, 5.41) is 13.6. The molecule has 0 aromatic carbocycles. The van der Waals surface area contributed by atoms with Gasteiger partial charge in [-0.15, -0.1) is 0 Å². The Morgan fingerprint density at radius 2 is 2.39 bits per heavy atom.